The predicted molar refractivity (Wildman–Crippen MR) is 50.8 cm³/mol. The van der Waals surface area contributed by atoms with Crippen LogP contribution in [0.25, 0.3) is 0 Å². The molecule has 0 aliphatic carbocycles. The number of hydrogen-bond acceptors (Lipinski definition) is 3. The summed E-state index contributed by atoms with van der Waals surface area (Å²) in [5.74, 6) is 0. The average molecular weight is 200 g/mol. The maximum atomic E-state index is 11.5. The highest BCUT2D eigenvalue weighted by Crippen LogP contribution is 2.14. The van der Waals surface area contributed by atoms with Crippen LogP contribution in [0.5, 0.6) is 0 Å². The van der Waals surface area contributed by atoms with Crippen LogP contribution in [0.4, 0.5) is 4.79 Å². The number of hydrogen-bond donors (Lipinski definition) is 0. The first-order valence-corrected chi connectivity index (χ1v) is 5.02. The van der Waals surface area contributed by atoms with E-state index >= 15 is 0 Å². The maximum absolute atomic E-state index is 11.5. The molecule has 1 heterocycles. The Morgan fingerprint density at radius 2 is 1.86 bits per heavy atom. The predicted octanol–water partition coefficient (Wildman–Crippen LogP) is 0.746. The zero-order valence-electron chi connectivity index (χ0n) is 9.08. The molecule has 0 aromatic rings. The lowest BCUT2D eigenvalue weighted by Crippen LogP contribution is -2.46. The molecule has 14 heavy (non-hydrogen) atoms. The first-order chi connectivity index (χ1) is 6.38. The summed E-state index contributed by atoms with van der Waals surface area (Å²) in [7, 11) is 0. The van der Waals surface area contributed by atoms with Crippen molar-refractivity contribution < 1.29 is 14.6 Å². The van der Waals surface area contributed by atoms with Crippen LogP contribution in [0, 0.1) is 0 Å². The van der Waals surface area contributed by atoms with Gasteiger partial charge in [-0.3, -0.25) is 0 Å². The maximum Gasteiger partial charge on any atom is 0.410 e. The SMILES string of the molecule is CC(C)(C)OC(=O)N1CCC([O-])CC1. The minimum Gasteiger partial charge on any atom is -0.852 e. The summed E-state index contributed by atoms with van der Waals surface area (Å²) in [6.45, 7) is 6.58. The van der Waals surface area contributed by atoms with Crippen molar-refractivity contribution in [3.05, 3.63) is 0 Å². The second-order valence-corrected chi connectivity index (χ2v) is 4.67. The van der Waals surface area contributed by atoms with Crippen LogP contribution >= 0.6 is 0 Å². The van der Waals surface area contributed by atoms with Crippen molar-refractivity contribution in [3.8, 4) is 0 Å². The summed E-state index contributed by atoms with van der Waals surface area (Å²) in [6, 6.07) is 0. The van der Waals surface area contributed by atoms with Gasteiger partial charge in [-0.05, 0) is 33.6 Å². The van der Waals surface area contributed by atoms with Gasteiger partial charge in [0.1, 0.15) is 5.60 Å². The summed E-state index contributed by atoms with van der Waals surface area (Å²) < 4.78 is 5.20. The highest BCUT2D eigenvalue weighted by molar-refractivity contribution is 5.68. The molecular formula is C10H18NO3-. The minimum atomic E-state index is -0.506. The van der Waals surface area contributed by atoms with Gasteiger partial charge in [-0.15, -0.1) is 6.10 Å². The molecule has 0 radical (unpaired) electrons. The van der Waals surface area contributed by atoms with Crippen molar-refractivity contribution in [2.45, 2.75) is 45.3 Å². The molecular weight excluding hydrogens is 182 g/mol. The Kier molecular flexibility index (Phi) is 3.37. The van der Waals surface area contributed by atoms with Crippen molar-refractivity contribution in [1.29, 1.82) is 0 Å². The van der Waals surface area contributed by atoms with Crippen molar-refractivity contribution in [1.82, 2.24) is 4.90 Å². The quantitative estimate of drug-likeness (QED) is 0.579. The number of nitrogens with zero attached hydrogens (tertiary/aromatic N) is 1. The van der Waals surface area contributed by atoms with Gasteiger partial charge in [0.25, 0.3) is 0 Å². The number of rotatable bonds is 0. The molecule has 0 aromatic heterocycles. The fourth-order valence-corrected chi connectivity index (χ4v) is 1.36. The third-order valence-corrected chi connectivity index (χ3v) is 2.09. The molecule has 0 atom stereocenters. The Morgan fingerprint density at radius 1 is 1.36 bits per heavy atom. The van der Waals surface area contributed by atoms with Crippen LogP contribution < -0.4 is 5.11 Å². The molecule has 1 aliphatic heterocycles. The van der Waals surface area contributed by atoms with Gasteiger partial charge in [-0.2, -0.15) is 0 Å². The van der Waals surface area contributed by atoms with E-state index in [9.17, 15) is 9.90 Å². The van der Waals surface area contributed by atoms with Gasteiger partial charge in [0.15, 0.2) is 0 Å². The normalized spacial score (nSPS) is 19.6. The van der Waals surface area contributed by atoms with E-state index in [4.69, 9.17) is 4.74 Å². The first kappa shape index (κ1) is 11.3. The van der Waals surface area contributed by atoms with Crippen LogP contribution in [-0.2, 0) is 4.74 Å². The standard InChI is InChI=1S/C10H18NO3/c1-10(2,3)14-9(13)11-6-4-8(12)5-7-11/h8H,4-7H2,1-3H3/q-1. The van der Waals surface area contributed by atoms with Crippen LogP contribution in [-0.4, -0.2) is 35.8 Å². The van der Waals surface area contributed by atoms with E-state index in [1.54, 1.807) is 4.90 Å². The third-order valence-electron chi connectivity index (χ3n) is 2.09. The number of amides is 1. The summed E-state index contributed by atoms with van der Waals surface area (Å²) in [6.07, 6.45) is 0.275. The smallest absolute Gasteiger partial charge is 0.410 e. The van der Waals surface area contributed by atoms with E-state index in [2.05, 4.69) is 0 Å². The van der Waals surface area contributed by atoms with Gasteiger partial charge in [-0.25, -0.2) is 4.79 Å². The number of carbonyl (C=O) groups is 1. The monoisotopic (exact) mass is 200 g/mol. The van der Waals surface area contributed by atoms with E-state index in [0.717, 1.165) is 0 Å². The molecule has 0 spiro atoms. The number of piperidine rings is 1. The van der Waals surface area contributed by atoms with Gasteiger partial charge in [0, 0.05) is 13.1 Å². The molecule has 1 fully saturated rings. The second-order valence-electron chi connectivity index (χ2n) is 4.67. The zero-order valence-corrected chi connectivity index (χ0v) is 9.08. The Morgan fingerprint density at radius 3 is 2.29 bits per heavy atom. The summed E-state index contributed by atoms with van der Waals surface area (Å²) in [5.41, 5.74) is -0.453. The molecule has 4 nitrogen and oxygen atoms in total. The third kappa shape index (κ3) is 3.54. The van der Waals surface area contributed by atoms with E-state index in [1.807, 2.05) is 20.8 Å². The first-order valence-electron chi connectivity index (χ1n) is 5.02. The lowest BCUT2D eigenvalue weighted by Gasteiger charge is -2.35. The lowest BCUT2D eigenvalue weighted by atomic mass is 10.1. The molecule has 82 valence electrons. The van der Waals surface area contributed by atoms with E-state index in [-0.39, 0.29) is 6.09 Å². The summed E-state index contributed by atoms with van der Waals surface area (Å²) >= 11 is 0. The van der Waals surface area contributed by atoms with Crippen molar-refractivity contribution >= 4 is 6.09 Å². The van der Waals surface area contributed by atoms with Crippen molar-refractivity contribution in [2.24, 2.45) is 0 Å². The summed E-state index contributed by atoms with van der Waals surface area (Å²) in [4.78, 5) is 13.1. The number of likely N-dealkylation sites (tertiary alicyclic amines) is 1. The molecule has 4 heteroatoms. The Hall–Kier alpha value is -0.770. The molecule has 0 bridgehead atoms. The van der Waals surface area contributed by atoms with Gasteiger partial charge in [-0.1, -0.05) is 0 Å². The van der Waals surface area contributed by atoms with Crippen LogP contribution in [0.2, 0.25) is 0 Å². The Bertz CT molecular complexity index is 202. The zero-order chi connectivity index (χ0) is 10.8. The highest BCUT2D eigenvalue weighted by atomic mass is 16.6. The highest BCUT2D eigenvalue weighted by Gasteiger charge is 2.23. The molecule has 1 aliphatic rings. The second kappa shape index (κ2) is 4.17. The van der Waals surface area contributed by atoms with E-state index < -0.39 is 11.7 Å². The Balaban J connectivity index is 2.38. The van der Waals surface area contributed by atoms with Crippen LogP contribution in [0.1, 0.15) is 33.6 Å². The van der Waals surface area contributed by atoms with Crippen molar-refractivity contribution in [2.75, 3.05) is 13.1 Å². The van der Waals surface area contributed by atoms with Gasteiger partial charge in [0.2, 0.25) is 0 Å². The average Bonchev–Trinajstić information content (AvgIpc) is 2.02. The summed E-state index contributed by atoms with van der Waals surface area (Å²) in [5, 5.41) is 11.0. The lowest BCUT2D eigenvalue weighted by molar-refractivity contribution is -0.425. The fraction of sp³-hybridized carbons (Fsp3) is 0.900. The largest absolute Gasteiger partial charge is 0.852 e. The molecule has 0 N–H and O–H groups in total. The number of carbonyl (C=O) groups excluding carboxylic acids is 1. The van der Waals surface area contributed by atoms with Gasteiger partial charge >= 0.3 is 6.09 Å². The van der Waals surface area contributed by atoms with E-state index in [0.29, 0.717) is 25.9 Å². The minimum absolute atomic E-state index is 0.301. The van der Waals surface area contributed by atoms with Crippen LogP contribution in [0.15, 0.2) is 0 Å². The molecule has 1 amide bonds. The fourth-order valence-electron chi connectivity index (χ4n) is 1.36. The van der Waals surface area contributed by atoms with Crippen molar-refractivity contribution in [3.63, 3.8) is 0 Å². The topological polar surface area (TPSA) is 52.6 Å². The molecule has 1 rings (SSSR count). The van der Waals surface area contributed by atoms with Gasteiger partial charge < -0.3 is 14.7 Å². The van der Waals surface area contributed by atoms with Gasteiger partial charge in [0.05, 0.1) is 0 Å². The van der Waals surface area contributed by atoms with Crippen LogP contribution in [0.3, 0.4) is 0 Å². The Labute approximate surface area is 84.8 Å². The molecule has 0 saturated carbocycles. The van der Waals surface area contributed by atoms with E-state index in [1.165, 1.54) is 0 Å². The molecule has 1 saturated heterocycles. The number of ether oxygens (including phenoxy) is 1. The molecule has 0 unspecified atom stereocenters. The molecule has 0 aromatic carbocycles.